The van der Waals surface area contributed by atoms with Crippen LogP contribution in [0.3, 0.4) is 0 Å². The van der Waals surface area contributed by atoms with Crippen LogP contribution in [-0.4, -0.2) is 52.1 Å². The lowest BCUT2D eigenvalue weighted by atomic mass is 10.2. The maximum Gasteiger partial charge on any atom is 0.0217 e. The minimum Gasteiger partial charge on any atom is -0.329 e. The van der Waals surface area contributed by atoms with Crippen LogP contribution in [0.15, 0.2) is 0 Å². The maximum atomic E-state index is 5.42. The van der Waals surface area contributed by atoms with Crippen LogP contribution in [0.2, 0.25) is 0 Å². The van der Waals surface area contributed by atoms with Gasteiger partial charge in [0.05, 0.1) is 0 Å². The molecule has 0 aromatic heterocycles. The van der Waals surface area contributed by atoms with Crippen molar-refractivity contribution in [3.05, 3.63) is 0 Å². The second-order valence-corrected chi connectivity index (χ2v) is 3.28. The average Bonchev–Trinajstić information content (AvgIpc) is 2.17. The van der Waals surface area contributed by atoms with E-state index in [1.165, 1.54) is 6.42 Å². The van der Waals surface area contributed by atoms with Crippen LogP contribution in [0, 0.1) is 0 Å². The Morgan fingerprint density at radius 2 is 1.79 bits per heavy atom. The third-order valence-corrected chi connectivity index (χ3v) is 2.50. The van der Waals surface area contributed by atoms with E-state index in [0.29, 0.717) is 6.04 Å². The summed E-state index contributed by atoms with van der Waals surface area (Å²) in [5, 5.41) is 3.37. The Hall–Kier alpha value is -0.0551. The molecule has 0 rings (SSSR count). The topological polar surface area (TPSA) is 41.3 Å². The first-order chi connectivity index (χ1) is 6.29. The van der Waals surface area contributed by atoms with Crippen molar-refractivity contribution in [1.29, 1.82) is 0 Å². The smallest absolute Gasteiger partial charge is 0.0217 e. The number of rotatable bonds is 8. The Bertz CT molecular complexity index is 108. The van der Waals surface area contributed by atoms with Crippen molar-refractivity contribution in [1.82, 2.24) is 10.2 Å². The predicted octanol–water partition coefficient (Wildman–Crippen LogP) is 0.274. The van der Waals surface area contributed by atoms with Gasteiger partial charge in [-0.2, -0.15) is 0 Å². The highest BCUT2D eigenvalue weighted by Gasteiger charge is 2.11. The van der Waals surface area contributed by atoms with Gasteiger partial charge in [-0.05, 0) is 19.5 Å². The van der Waals surface area contributed by atoms with E-state index in [1.54, 1.807) is 0 Å². The number of nitrogens with two attached hydrogens (primary N) is 1. The van der Waals surface area contributed by atoms with Gasteiger partial charge < -0.3 is 11.1 Å². The van der Waals surface area contributed by atoms with Crippen molar-refractivity contribution in [3.63, 3.8) is 0 Å². The minimum atomic E-state index is 0. The van der Waals surface area contributed by atoms with Gasteiger partial charge in [-0.15, -0.1) is 0 Å². The lowest BCUT2D eigenvalue weighted by Crippen LogP contribution is -2.42. The molecular formula is C10H25BN3. The monoisotopic (exact) mass is 198 g/mol. The molecule has 1 unspecified atom stereocenters. The average molecular weight is 198 g/mol. The fraction of sp³-hybridized carbons (Fsp3) is 1.00. The quantitative estimate of drug-likeness (QED) is 0.434. The summed E-state index contributed by atoms with van der Waals surface area (Å²) in [4.78, 5) is 2.49. The molecule has 0 aliphatic rings. The Kier molecular flexibility index (Phi) is 12.9. The van der Waals surface area contributed by atoms with Crippen LogP contribution in [0.4, 0.5) is 0 Å². The van der Waals surface area contributed by atoms with Crippen LogP contribution in [0.1, 0.15) is 27.2 Å². The summed E-state index contributed by atoms with van der Waals surface area (Å²) in [5.41, 5.74) is 5.42. The van der Waals surface area contributed by atoms with Gasteiger partial charge in [0.15, 0.2) is 0 Å². The molecule has 1 atom stereocenters. The number of nitrogens with one attached hydrogen (secondary N) is 1. The Balaban J connectivity index is 0. The van der Waals surface area contributed by atoms with Crippen LogP contribution >= 0.6 is 0 Å². The summed E-state index contributed by atoms with van der Waals surface area (Å²) in [6, 6.07) is 0.668. The molecular weight excluding hydrogens is 173 g/mol. The Morgan fingerprint density at radius 1 is 1.21 bits per heavy atom. The van der Waals surface area contributed by atoms with E-state index in [4.69, 9.17) is 5.73 Å². The van der Waals surface area contributed by atoms with Gasteiger partial charge in [-0.25, -0.2) is 0 Å². The molecule has 0 aliphatic carbocycles. The summed E-state index contributed by atoms with van der Waals surface area (Å²) in [7, 11) is 0. The van der Waals surface area contributed by atoms with E-state index in [9.17, 15) is 0 Å². The van der Waals surface area contributed by atoms with Gasteiger partial charge in [0.25, 0.3) is 0 Å². The third-order valence-electron chi connectivity index (χ3n) is 2.50. The standard InChI is InChI=1S/C10H25N3.B/c1-4-10(9-12-8-7-11)13(5-2)6-3;/h10,12H,4-9,11H2,1-3H3;. The zero-order chi connectivity index (χ0) is 10.1. The molecule has 83 valence electrons. The summed E-state index contributed by atoms with van der Waals surface area (Å²) in [6.45, 7) is 11.7. The summed E-state index contributed by atoms with van der Waals surface area (Å²) in [5.74, 6) is 0. The first-order valence-corrected chi connectivity index (χ1v) is 5.44. The number of likely N-dealkylation sites (N-methyl/N-ethyl adjacent to an activating group) is 1. The van der Waals surface area contributed by atoms with E-state index < -0.39 is 0 Å². The van der Waals surface area contributed by atoms with Gasteiger partial charge in [0.1, 0.15) is 0 Å². The molecule has 0 fully saturated rings. The summed E-state index contributed by atoms with van der Waals surface area (Å²) < 4.78 is 0. The molecule has 0 aromatic carbocycles. The molecule has 4 heteroatoms. The van der Waals surface area contributed by atoms with Crippen LogP contribution in [-0.2, 0) is 0 Å². The molecule has 14 heavy (non-hydrogen) atoms. The molecule has 0 saturated heterocycles. The van der Waals surface area contributed by atoms with E-state index in [-0.39, 0.29) is 8.41 Å². The zero-order valence-electron chi connectivity index (χ0n) is 9.92. The molecule has 3 nitrogen and oxygen atoms in total. The fourth-order valence-corrected chi connectivity index (χ4v) is 1.64. The Morgan fingerprint density at radius 3 is 2.14 bits per heavy atom. The highest BCUT2D eigenvalue weighted by molar-refractivity contribution is 5.75. The first-order valence-electron chi connectivity index (χ1n) is 5.44. The second kappa shape index (κ2) is 11.0. The molecule has 3 N–H and O–H groups in total. The van der Waals surface area contributed by atoms with Crippen LogP contribution in [0.25, 0.3) is 0 Å². The van der Waals surface area contributed by atoms with E-state index in [2.05, 4.69) is 31.0 Å². The van der Waals surface area contributed by atoms with Crippen LogP contribution in [0.5, 0.6) is 0 Å². The van der Waals surface area contributed by atoms with Crippen molar-refractivity contribution in [2.75, 3.05) is 32.7 Å². The van der Waals surface area contributed by atoms with Crippen molar-refractivity contribution in [2.45, 2.75) is 33.2 Å². The molecule has 0 spiro atoms. The number of hydrogen-bond acceptors (Lipinski definition) is 3. The number of nitrogens with zero attached hydrogens (tertiary/aromatic N) is 1. The second-order valence-electron chi connectivity index (χ2n) is 3.28. The third kappa shape index (κ3) is 6.41. The maximum absolute atomic E-state index is 5.42. The van der Waals surface area contributed by atoms with Crippen molar-refractivity contribution < 1.29 is 0 Å². The lowest BCUT2D eigenvalue weighted by molar-refractivity contribution is 0.206. The highest BCUT2D eigenvalue weighted by Crippen LogP contribution is 2.01. The molecule has 0 amide bonds. The molecule has 0 aliphatic heterocycles. The van der Waals surface area contributed by atoms with Gasteiger partial charge in [0, 0.05) is 34.1 Å². The fourth-order valence-electron chi connectivity index (χ4n) is 1.64. The molecule has 0 bridgehead atoms. The van der Waals surface area contributed by atoms with Crippen LogP contribution < -0.4 is 11.1 Å². The molecule has 3 radical (unpaired) electrons. The molecule has 0 saturated carbocycles. The highest BCUT2D eigenvalue weighted by atomic mass is 15.2. The largest absolute Gasteiger partial charge is 0.329 e. The van der Waals surface area contributed by atoms with Crippen molar-refractivity contribution >= 4 is 8.41 Å². The predicted molar refractivity (Wildman–Crippen MR) is 64.7 cm³/mol. The lowest BCUT2D eigenvalue weighted by Gasteiger charge is -2.28. The molecule has 0 heterocycles. The van der Waals surface area contributed by atoms with Gasteiger partial charge in [-0.3, -0.25) is 4.90 Å². The van der Waals surface area contributed by atoms with Gasteiger partial charge in [-0.1, -0.05) is 20.8 Å². The first kappa shape index (κ1) is 16.4. The van der Waals surface area contributed by atoms with Gasteiger partial charge >= 0.3 is 0 Å². The number of hydrogen-bond donors (Lipinski definition) is 2. The summed E-state index contributed by atoms with van der Waals surface area (Å²) >= 11 is 0. The van der Waals surface area contributed by atoms with E-state index in [1.807, 2.05) is 0 Å². The van der Waals surface area contributed by atoms with Gasteiger partial charge in [0.2, 0.25) is 0 Å². The van der Waals surface area contributed by atoms with Crippen molar-refractivity contribution in [3.8, 4) is 0 Å². The molecule has 0 aromatic rings. The summed E-state index contributed by atoms with van der Waals surface area (Å²) in [6.07, 6.45) is 1.21. The van der Waals surface area contributed by atoms with E-state index in [0.717, 1.165) is 32.7 Å². The zero-order valence-corrected chi connectivity index (χ0v) is 9.92. The SMILES string of the molecule is CCC(CNCCN)N(CC)CC.[B]. The normalized spacial score (nSPS) is 12.6. The Labute approximate surface area is 91.0 Å². The van der Waals surface area contributed by atoms with E-state index >= 15 is 0 Å². The minimum absolute atomic E-state index is 0. The van der Waals surface area contributed by atoms with Crippen molar-refractivity contribution in [2.24, 2.45) is 5.73 Å².